The molecule has 0 amide bonds. The molecule has 0 aliphatic carbocycles. The molecule has 0 saturated carbocycles. The predicted octanol–water partition coefficient (Wildman–Crippen LogP) is 3.55. The molecule has 6 heteroatoms. The molecule has 130 valence electrons. The van der Waals surface area contributed by atoms with Gasteiger partial charge in [-0.2, -0.15) is 0 Å². The van der Waals surface area contributed by atoms with Crippen LogP contribution in [0.25, 0.3) is 10.9 Å². The monoisotopic (exact) mass is 341 g/mol. The first-order valence-corrected chi connectivity index (χ1v) is 7.70. The molecular formula is C19H19NO5. The number of nitrogens with one attached hydrogen (secondary N) is 1. The summed E-state index contributed by atoms with van der Waals surface area (Å²) in [6, 6.07) is 12.9. The maximum atomic E-state index is 12.3. The number of methoxy groups -OCH3 is 3. The molecule has 2 aromatic carbocycles. The Morgan fingerprint density at radius 1 is 0.960 bits per heavy atom. The minimum atomic E-state index is -0.437. The number of carbonyl (C=O) groups is 1. The van der Waals surface area contributed by atoms with E-state index in [0.717, 1.165) is 10.9 Å². The number of para-hydroxylation sites is 1. The van der Waals surface area contributed by atoms with E-state index in [0.29, 0.717) is 28.5 Å². The number of H-pyrrole nitrogens is 1. The number of aromatic nitrogens is 1. The van der Waals surface area contributed by atoms with E-state index in [-0.39, 0.29) is 6.61 Å². The van der Waals surface area contributed by atoms with Gasteiger partial charge in [-0.3, -0.25) is 0 Å². The van der Waals surface area contributed by atoms with Gasteiger partial charge in [0.1, 0.15) is 12.3 Å². The predicted molar refractivity (Wildman–Crippen MR) is 93.5 cm³/mol. The van der Waals surface area contributed by atoms with Crippen LogP contribution in [0.1, 0.15) is 16.1 Å². The van der Waals surface area contributed by atoms with Crippen LogP contribution in [0, 0.1) is 0 Å². The first-order chi connectivity index (χ1) is 12.2. The molecule has 1 N–H and O–H groups in total. The normalized spacial score (nSPS) is 10.5. The molecular weight excluding hydrogens is 322 g/mol. The van der Waals surface area contributed by atoms with E-state index in [1.807, 2.05) is 24.3 Å². The highest BCUT2D eigenvalue weighted by atomic mass is 16.5. The summed E-state index contributed by atoms with van der Waals surface area (Å²) in [6.07, 6.45) is 0. The summed E-state index contributed by atoms with van der Waals surface area (Å²) in [5, 5.41) is 0.957. The van der Waals surface area contributed by atoms with Crippen molar-refractivity contribution < 1.29 is 23.7 Å². The highest BCUT2D eigenvalue weighted by Gasteiger charge is 2.18. The van der Waals surface area contributed by atoms with E-state index in [4.69, 9.17) is 18.9 Å². The van der Waals surface area contributed by atoms with Gasteiger partial charge >= 0.3 is 5.97 Å². The van der Waals surface area contributed by atoms with E-state index in [1.54, 1.807) is 25.3 Å². The van der Waals surface area contributed by atoms with Crippen molar-refractivity contribution in [2.75, 3.05) is 21.3 Å². The van der Waals surface area contributed by atoms with Gasteiger partial charge in [0.05, 0.1) is 21.3 Å². The second-order valence-electron chi connectivity index (χ2n) is 5.34. The Hall–Kier alpha value is -3.15. The first-order valence-electron chi connectivity index (χ1n) is 7.70. The van der Waals surface area contributed by atoms with Crippen molar-refractivity contribution in [3.63, 3.8) is 0 Å². The van der Waals surface area contributed by atoms with Crippen molar-refractivity contribution in [2.24, 2.45) is 0 Å². The lowest BCUT2D eigenvalue weighted by Crippen LogP contribution is -2.07. The number of carbonyl (C=O) groups excluding carboxylic acids is 1. The topological polar surface area (TPSA) is 69.8 Å². The average molecular weight is 341 g/mol. The SMILES string of the molecule is COc1ccc(COC(=O)c2cc3ccccc3[nH]2)c(OC)c1OC. The van der Waals surface area contributed by atoms with Crippen LogP contribution < -0.4 is 14.2 Å². The quantitative estimate of drug-likeness (QED) is 0.694. The van der Waals surface area contributed by atoms with Crippen LogP contribution in [0.15, 0.2) is 42.5 Å². The number of rotatable bonds is 6. The Morgan fingerprint density at radius 3 is 2.40 bits per heavy atom. The van der Waals surface area contributed by atoms with Gasteiger partial charge in [0.25, 0.3) is 0 Å². The smallest absolute Gasteiger partial charge is 0.355 e. The summed E-state index contributed by atoms with van der Waals surface area (Å²) in [5.74, 6) is 1.05. The third-order valence-corrected chi connectivity index (χ3v) is 3.89. The second-order valence-corrected chi connectivity index (χ2v) is 5.34. The van der Waals surface area contributed by atoms with Crippen molar-refractivity contribution in [1.29, 1.82) is 0 Å². The Morgan fingerprint density at radius 2 is 1.72 bits per heavy atom. The molecule has 6 nitrogen and oxygen atoms in total. The molecule has 0 unspecified atom stereocenters. The van der Waals surface area contributed by atoms with Gasteiger partial charge in [-0.15, -0.1) is 0 Å². The van der Waals surface area contributed by atoms with Crippen molar-refractivity contribution >= 4 is 16.9 Å². The molecule has 0 saturated heterocycles. The molecule has 3 rings (SSSR count). The highest BCUT2D eigenvalue weighted by molar-refractivity contribution is 5.94. The zero-order valence-corrected chi connectivity index (χ0v) is 14.3. The molecule has 25 heavy (non-hydrogen) atoms. The number of fused-ring (bicyclic) bond motifs is 1. The van der Waals surface area contributed by atoms with Crippen LogP contribution in [0.4, 0.5) is 0 Å². The number of hydrogen-bond acceptors (Lipinski definition) is 5. The summed E-state index contributed by atoms with van der Waals surface area (Å²) in [5.41, 5.74) is 1.98. The van der Waals surface area contributed by atoms with E-state index >= 15 is 0 Å². The van der Waals surface area contributed by atoms with Gasteiger partial charge in [0.15, 0.2) is 11.5 Å². The summed E-state index contributed by atoms with van der Waals surface area (Å²) >= 11 is 0. The minimum absolute atomic E-state index is 0.0533. The fourth-order valence-corrected chi connectivity index (χ4v) is 2.68. The third-order valence-electron chi connectivity index (χ3n) is 3.89. The van der Waals surface area contributed by atoms with Crippen LogP contribution in [-0.2, 0) is 11.3 Å². The lowest BCUT2D eigenvalue weighted by atomic mass is 10.2. The average Bonchev–Trinajstić information content (AvgIpc) is 3.09. The molecule has 0 aliphatic heterocycles. The summed E-state index contributed by atoms with van der Waals surface area (Å²) < 4.78 is 21.4. The Bertz CT molecular complexity index is 867. The van der Waals surface area contributed by atoms with Crippen molar-refractivity contribution in [3.05, 3.63) is 53.7 Å². The molecule has 0 spiro atoms. The maximum Gasteiger partial charge on any atom is 0.355 e. The largest absolute Gasteiger partial charge is 0.493 e. The fraction of sp³-hybridized carbons (Fsp3) is 0.211. The van der Waals surface area contributed by atoms with E-state index in [9.17, 15) is 4.79 Å². The van der Waals surface area contributed by atoms with Gasteiger partial charge in [0, 0.05) is 16.5 Å². The molecule has 0 atom stereocenters. The number of benzene rings is 2. The van der Waals surface area contributed by atoms with Crippen molar-refractivity contribution in [1.82, 2.24) is 4.98 Å². The van der Waals surface area contributed by atoms with E-state index in [2.05, 4.69) is 4.98 Å². The Balaban J connectivity index is 1.79. The Labute approximate surface area is 145 Å². The van der Waals surface area contributed by atoms with Crippen LogP contribution in [0.2, 0.25) is 0 Å². The standard InChI is InChI=1S/C19H19NO5/c1-22-16-9-8-13(17(23-2)18(16)24-3)11-25-19(21)15-10-12-6-4-5-7-14(12)20-15/h4-10,20H,11H2,1-3H3. The van der Waals surface area contributed by atoms with E-state index < -0.39 is 5.97 Å². The number of aromatic amines is 1. The molecule has 0 aliphatic rings. The molecule has 0 fully saturated rings. The van der Waals surface area contributed by atoms with Gasteiger partial charge in [-0.1, -0.05) is 18.2 Å². The number of hydrogen-bond donors (Lipinski definition) is 1. The molecule has 0 bridgehead atoms. The van der Waals surface area contributed by atoms with E-state index in [1.165, 1.54) is 14.2 Å². The van der Waals surface area contributed by atoms with Crippen LogP contribution >= 0.6 is 0 Å². The summed E-state index contributed by atoms with van der Waals surface area (Å²) in [4.78, 5) is 15.4. The summed E-state index contributed by atoms with van der Waals surface area (Å²) in [7, 11) is 4.61. The second kappa shape index (κ2) is 7.17. The minimum Gasteiger partial charge on any atom is -0.493 e. The van der Waals surface area contributed by atoms with Crippen LogP contribution in [-0.4, -0.2) is 32.3 Å². The van der Waals surface area contributed by atoms with Gasteiger partial charge < -0.3 is 23.9 Å². The maximum absolute atomic E-state index is 12.3. The molecule has 3 aromatic rings. The molecule has 0 radical (unpaired) electrons. The van der Waals surface area contributed by atoms with Crippen LogP contribution in [0.3, 0.4) is 0 Å². The Kier molecular flexibility index (Phi) is 4.79. The lowest BCUT2D eigenvalue weighted by molar-refractivity contribution is 0.0464. The zero-order valence-electron chi connectivity index (χ0n) is 14.3. The fourth-order valence-electron chi connectivity index (χ4n) is 2.68. The third kappa shape index (κ3) is 3.24. The summed E-state index contributed by atoms with van der Waals surface area (Å²) in [6.45, 7) is 0.0533. The molecule has 1 aromatic heterocycles. The number of ether oxygens (including phenoxy) is 4. The first kappa shape index (κ1) is 16.7. The highest BCUT2D eigenvalue weighted by Crippen LogP contribution is 2.40. The number of esters is 1. The van der Waals surface area contributed by atoms with Gasteiger partial charge in [-0.05, 0) is 24.3 Å². The van der Waals surface area contributed by atoms with Gasteiger partial charge in [0.2, 0.25) is 5.75 Å². The zero-order chi connectivity index (χ0) is 17.8. The lowest BCUT2D eigenvalue weighted by Gasteiger charge is -2.15. The van der Waals surface area contributed by atoms with Crippen molar-refractivity contribution in [2.45, 2.75) is 6.61 Å². The molecule has 1 heterocycles. The van der Waals surface area contributed by atoms with Crippen LogP contribution in [0.5, 0.6) is 17.2 Å². The van der Waals surface area contributed by atoms with Gasteiger partial charge in [-0.25, -0.2) is 4.79 Å². The van der Waals surface area contributed by atoms with Crippen molar-refractivity contribution in [3.8, 4) is 17.2 Å².